The molecule has 0 radical (unpaired) electrons. The van der Waals surface area contributed by atoms with Gasteiger partial charge in [-0.25, -0.2) is 17.2 Å². The minimum absolute atomic E-state index is 0.160. The van der Waals surface area contributed by atoms with Gasteiger partial charge in [-0.1, -0.05) is 0 Å². The molecule has 122 valence electrons. The van der Waals surface area contributed by atoms with Gasteiger partial charge in [-0.05, 0) is 25.5 Å². The van der Waals surface area contributed by atoms with Crippen molar-refractivity contribution < 1.29 is 22.0 Å². The number of sulfonamides is 1. The van der Waals surface area contributed by atoms with Gasteiger partial charge < -0.3 is 4.90 Å². The lowest BCUT2D eigenvalue weighted by Gasteiger charge is -2.38. The fourth-order valence-corrected chi connectivity index (χ4v) is 3.74. The van der Waals surface area contributed by atoms with E-state index in [0.717, 1.165) is 6.26 Å². The molecule has 1 aliphatic rings. The maximum Gasteiger partial charge on any atom is 0.256 e. The number of hydrogen-bond acceptors (Lipinski definition) is 3. The van der Waals surface area contributed by atoms with Gasteiger partial charge in [0.15, 0.2) is 0 Å². The van der Waals surface area contributed by atoms with E-state index in [9.17, 15) is 22.0 Å². The van der Waals surface area contributed by atoms with Gasteiger partial charge in [-0.15, -0.1) is 0 Å². The number of piperazine rings is 1. The molecule has 0 bridgehead atoms. The van der Waals surface area contributed by atoms with E-state index in [1.165, 1.54) is 22.2 Å². The highest BCUT2D eigenvalue weighted by molar-refractivity contribution is 7.88. The van der Waals surface area contributed by atoms with Gasteiger partial charge in [-0.3, -0.25) is 4.79 Å². The van der Waals surface area contributed by atoms with Crippen molar-refractivity contribution in [2.24, 2.45) is 0 Å². The molecule has 1 heterocycles. The van der Waals surface area contributed by atoms with Crippen molar-refractivity contribution in [3.63, 3.8) is 0 Å². The molecule has 0 spiro atoms. The fourth-order valence-electron chi connectivity index (χ4n) is 2.61. The van der Waals surface area contributed by atoms with Crippen LogP contribution in [0.5, 0.6) is 0 Å². The minimum Gasteiger partial charge on any atom is -0.336 e. The lowest BCUT2D eigenvalue weighted by Crippen LogP contribution is -2.55. The van der Waals surface area contributed by atoms with E-state index in [2.05, 4.69) is 0 Å². The van der Waals surface area contributed by atoms with Crippen LogP contribution in [0, 0.1) is 18.6 Å². The van der Waals surface area contributed by atoms with Gasteiger partial charge in [0.2, 0.25) is 10.0 Å². The number of halogens is 2. The fraction of sp³-hybridized carbons (Fsp3) is 0.500. The summed E-state index contributed by atoms with van der Waals surface area (Å²) in [4.78, 5) is 13.8. The zero-order valence-electron chi connectivity index (χ0n) is 12.6. The average Bonchev–Trinajstić information content (AvgIpc) is 2.40. The first-order chi connectivity index (χ1) is 10.1. The Hall–Kier alpha value is -1.54. The lowest BCUT2D eigenvalue weighted by molar-refractivity contribution is 0.0638. The second kappa shape index (κ2) is 5.92. The summed E-state index contributed by atoms with van der Waals surface area (Å²) in [5.74, 6) is -2.17. The number of benzene rings is 1. The van der Waals surface area contributed by atoms with Crippen LogP contribution >= 0.6 is 0 Å². The van der Waals surface area contributed by atoms with E-state index in [4.69, 9.17) is 0 Å². The van der Waals surface area contributed by atoms with Gasteiger partial charge >= 0.3 is 0 Å². The number of aryl methyl sites for hydroxylation is 1. The standard InChI is InChI=1S/C14H18F2N2O3S/c1-9-6-11(13(16)7-12(9)15)14(19)17-4-5-18(10(2)8-17)22(3,20)21/h6-7,10H,4-5,8H2,1-3H3/t10-/m0/s1. The Kier molecular flexibility index (Phi) is 4.53. The quantitative estimate of drug-likeness (QED) is 0.822. The molecule has 1 atom stereocenters. The summed E-state index contributed by atoms with van der Waals surface area (Å²) in [6.07, 6.45) is 1.12. The van der Waals surface area contributed by atoms with Crippen LogP contribution in [-0.4, -0.2) is 55.5 Å². The monoisotopic (exact) mass is 332 g/mol. The Morgan fingerprint density at radius 2 is 1.86 bits per heavy atom. The van der Waals surface area contributed by atoms with E-state index in [1.54, 1.807) is 6.92 Å². The maximum atomic E-state index is 13.8. The molecule has 1 aromatic rings. The van der Waals surface area contributed by atoms with Crippen molar-refractivity contribution in [1.82, 2.24) is 9.21 Å². The topological polar surface area (TPSA) is 57.7 Å². The maximum absolute atomic E-state index is 13.8. The van der Waals surface area contributed by atoms with Crippen LogP contribution in [0.4, 0.5) is 8.78 Å². The molecule has 0 saturated carbocycles. The molecular weight excluding hydrogens is 314 g/mol. The van der Waals surface area contributed by atoms with E-state index in [1.807, 2.05) is 0 Å². The molecule has 0 aromatic heterocycles. The Morgan fingerprint density at radius 1 is 1.23 bits per heavy atom. The first-order valence-electron chi connectivity index (χ1n) is 6.83. The second-order valence-electron chi connectivity index (χ2n) is 5.56. The van der Waals surface area contributed by atoms with E-state index < -0.39 is 33.6 Å². The van der Waals surface area contributed by atoms with Crippen LogP contribution in [0.1, 0.15) is 22.8 Å². The molecule has 0 N–H and O–H groups in total. The molecule has 1 aromatic carbocycles. The zero-order valence-corrected chi connectivity index (χ0v) is 13.5. The zero-order chi connectivity index (χ0) is 16.7. The first-order valence-corrected chi connectivity index (χ1v) is 8.68. The molecular formula is C14H18F2N2O3S. The summed E-state index contributed by atoms with van der Waals surface area (Å²) < 4.78 is 51.6. The van der Waals surface area contributed by atoms with Gasteiger partial charge in [-0.2, -0.15) is 4.31 Å². The summed E-state index contributed by atoms with van der Waals surface area (Å²) in [6.45, 7) is 3.64. The lowest BCUT2D eigenvalue weighted by atomic mass is 10.1. The summed E-state index contributed by atoms with van der Waals surface area (Å²) in [7, 11) is -3.34. The largest absolute Gasteiger partial charge is 0.336 e. The van der Waals surface area contributed by atoms with Crippen LogP contribution in [0.2, 0.25) is 0 Å². The van der Waals surface area contributed by atoms with Crippen LogP contribution in [0.3, 0.4) is 0 Å². The predicted molar refractivity (Wildman–Crippen MR) is 78.0 cm³/mol. The highest BCUT2D eigenvalue weighted by atomic mass is 32.2. The summed E-state index contributed by atoms with van der Waals surface area (Å²) in [6, 6.07) is 1.48. The van der Waals surface area contributed by atoms with E-state index >= 15 is 0 Å². The van der Waals surface area contributed by atoms with E-state index in [0.29, 0.717) is 6.07 Å². The molecule has 0 unspecified atom stereocenters. The van der Waals surface area contributed by atoms with Gasteiger partial charge in [0.05, 0.1) is 11.8 Å². The Labute approximate surface area is 128 Å². The third-order valence-corrected chi connectivity index (χ3v) is 5.15. The molecule has 1 aliphatic heterocycles. The van der Waals surface area contributed by atoms with Crippen molar-refractivity contribution in [1.29, 1.82) is 0 Å². The number of rotatable bonds is 2. The Morgan fingerprint density at radius 3 is 2.41 bits per heavy atom. The van der Waals surface area contributed by atoms with Crippen molar-refractivity contribution in [3.8, 4) is 0 Å². The highest BCUT2D eigenvalue weighted by Gasteiger charge is 2.33. The second-order valence-corrected chi connectivity index (χ2v) is 7.49. The van der Waals surface area contributed by atoms with Gasteiger partial charge in [0, 0.05) is 31.7 Å². The van der Waals surface area contributed by atoms with E-state index in [-0.39, 0.29) is 30.8 Å². The molecule has 5 nitrogen and oxygen atoms in total. The first kappa shape index (κ1) is 16.8. The molecule has 1 saturated heterocycles. The minimum atomic E-state index is -3.34. The average molecular weight is 332 g/mol. The van der Waals surface area contributed by atoms with Crippen LogP contribution in [-0.2, 0) is 10.0 Å². The van der Waals surface area contributed by atoms with Gasteiger partial charge in [0.25, 0.3) is 5.91 Å². The van der Waals surface area contributed by atoms with Crippen molar-refractivity contribution in [2.45, 2.75) is 19.9 Å². The normalized spacial score (nSPS) is 20.2. The van der Waals surface area contributed by atoms with Crippen molar-refractivity contribution >= 4 is 15.9 Å². The molecule has 8 heteroatoms. The van der Waals surface area contributed by atoms with Crippen molar-refractivity contribution in [3.05, 3.63) is 34.9 Å². The highest BCUT2D eigenvalue weighted by Crippen LogP contribution is 2.19. The summed E-state index contributed by atoms with van der Waals surface area (Å²) >= 11 is 0. The number of amides is 1. The van der Waals surface area contributed by atoms with Crippen LogP contribution in [0.15, 0.2) is 12.1 Å². The molecule has 22 heavy (non-hydrogen) atoms. The number of carbonyl (C=O) groups excluding carboxylic acids is 1. The molecule has 2 rings (SSSR count). The molecule has 1 fully saturated rings. The molecule has 0 aliphatic carbocycles. The smallest absolute Gasteiger partial charge is 0.256 e. The summed E-state index contributed by atoms with van der Waals surface area (Å²) in [5, 5.41) is 0. The number of carbonyl (C=O) groups is 1. The number of nitrogens with zero attached hydrogens (tertiary/aromatic N) is 2. The Balaban J connectivity index is 2.21. The van der Waals surface area contributed by atoms with Crippen LogP contribution < -0.4 is 0 Å². The SMILES string of the molecule is Cc1cc(C(=O)N2CCN(S(C)(=O)=O)[C@@H](C)C2)c(F)cc1F. The van der Waals surface area contributed by atoms with Crippen LogP contribution in [0.25, 0.3) is 0 Å². The number of hydrogen-bond donors (Lipinski definition) is 0. The summed E-state index contributed by atoms with van der Waals surface area (Å²) in [5.41, 5.74) is -0.00789. The third kappa shape index (κ3) is 3.27. The third-order valence-electron chi connectivity index (χ3n) is 3.76. The predicted octanol–water partition coefficient (Wildman–Crippen LogP) is 1.38. The molecule has 1 amide bonds. The Bertz CT molecular complexity index is 706. The van der Waals surface area contributed by atoms with Gasteiger partial charge in [0.1, 0.15) is 11.6 Å². The van der Waals surface area contributed by atoms with Crippen molar-refractivity contribution in [2.75, 3.05) is 25.9 Å².